The van der Waals surface area contributed by atoms with Crippen molar-refractivity contribution in [3.63, 3.8) is 0 Å². The van der Waals surface area contributed by atoms with Gasteiger partial charge in [0.1, 0.15) is 5.82 Å². The Kier molecular flexibility index (Phi) is 2.27. The molecule has 1 aromatic heterocycles. The van der Waals surface area contributed by atoms with E-state index < -0.39 is 18.8 Å². The van der Waals surface area contributed by atoms with Crippen LogP contribution in [0, 0.1) is 0 Å². The minimum atomic E-state index is -4.73. The van der Waals surface area contributed by atoms with Crippen molar-refractivity contribution in [2.24, 2.45) is 6.98 Å². The number of aliphatic hydroxyl groups is 1. The van der Waals surface area contributed by atoms with Crippen LogP contribution in [0.1, 0.15) is 15.4 Å². The van der Waals surface area contributed by atoms with Crippen molar-refractivity contribution in [1.29, 1.82) is 0 Å². The number of rotatable bonds is 2. The Bertz CT molecular complexity index is 633. The summed E-state index contributed by atoms with van der Waals surface area (Å²) in [4.78, 5) is 3.39. The first-order chi connectivity index (χ1) is 9.63. The van der Waals surface area contributed by atoms with Gasteiger partial charge < -0.3 is 9.67 Å². The molecule has 0 saturated carbocycles. The van der Waals surface area contributed by atoms with Gasteiger partial charge >= 0.3 is 6.18 Å². The topological polar surface area (TPSA) is 38.0 Å². The van der Waals surface area contributed by atoms with E-state index in [4.69, 9.17) is 9.22 Å². The molecule has 1 N–H and O–H groups in total. The Morgan fingerprint density at radius 3 is 2.50 bits per heavy atom. The molecule has 0 saturated heterocycles. The summed E-state index contributed by atoms with van der Waals surface area (Å²) < 4.78 is 60.6. The minimum absolute atomic E-state index is 0.220. The molecule has 0 unspecified atom stereocenters. The zero-order chi connectivity index (χ0) is 15.8. The Labute approximate surface area is 106 Å². The average Bonchev–Trinajstić information content (AvgIpc) is 2.83. The molecule has 0 bridgehead atoms. The fraction of sp³-hybridized carbons (Fsp3) is 0.250. The molecule has 3 nitrogen and oxygen atoms in total. The number of aromatic nitrogens is 2. The van der Waals surface area contributed by atoms with Crippen LogP contribution in [-0.2, 0) is 19.8 Å². The second-order valence-electron chi connectivity index (χ2n) is 3.67. The van der Waals surface area contributed by atoms with Gasteiger partial charge in [-0.25, -0.2) is 4.98 Å². The van der Waals surface area contributed by atoms with Gasteiger partial charge in [-0.3, -0.25) is 0 Å². The van der Waals surface area contributed by atoms with Gasteiger partial charge in [-0.05, 0) is 5.56 Å². The first-order valence-corrected chi connectivity index (χ1v) is 5.00. The standard InChI is InChI=1S/C12H11F3N2O/c1-17-6-10(12(13,14)15)16-11(17)9-4-2-8(7-18)3-5-9/h2-6,18H,7H2,1H3/i1D3. The summed E-state index contributed by atoms with van der Waals surface area (Å²) in [5.41, 5.74) is -0.486. The van der Waals surface area contributed by atoms with Crippen LogP contribution < -0.4 is 0 Å². The van der Waals surface area contributed by atoms with Crippen molar-refractivity contribution >= 4 is 0 Å². The van der Waals surface area contributed by atoms with E-state index in [2.05, 4.69) is 4.98 Å². The molecule has 0 radical (unpaired) electrons. The third-order valence-electron chi connectivity index (χ3n) is 2.39. The van der Waals surface area contributed by atoms with Gasteiger partial charge in [0, 0.05) is 22.8 Å². The largest absolute Gasteiger partial charge is 0.434 e. The van der Waals surface area contributed by atoms with Crippen molar-refractivity contribution < 1.29 is 22.4 Å². The van der Waals surface area contributed by atoms with Crippen molar-refractivity contribution in [3.8, 4) is 11.4 Å². The molecule has 18 heavy (non-hydrogen) atoms. The first kappa shape index (κ1) is 9.16. The van der Waals surface area contributed by atoms with Crippen LogP contribution in [0.3, 0.4) is 0 Å². The molecule has 2 aromatic rings. The van der Waals surface area contributed by atoms with Crippen LogP contribution >= 0.6 is 0 Å². The van der Waals surface area contributed by atoms with Gasteiger partial charge in [-0.2, -0.15) is 13.2 Å². The van der Waals surface area contributed by atoms with E-state index in [9.17, 15) is 13.2 Å². The Morgan fingerprint density at radius 1 is 1.33 bits per heavy atom. The number of nitrogens with zero attached hydrogens (tertiary/aromatic N) is 2. The fourth-order valence-corrected chi connectivity index (χ4v) is 1.48. The summed E-state index contributed by atoms with van der Waals surface area (Å²) in [6, 6.07) is 5.80. The van der Waals surface area contributed by atoms with E-state index in [1.807, 2.05) is 0 Å². The molecule has 96 valence electrons. The minimum Gasteiger partial charge on any atom is -0.392 e. The summed E-state index contributed by atoms with van der Waals surface area (Å²) >= 11 is 0. The molecule has 0 aliphatic heterocycles. The third kappa shape index (κ3) is 2.38. The van der Waals surface area contributed by atoms with Crippen molar-refractivity contribution in [2.45, 2.75) is 12.8 Å². The Morgan fingerprint density at radius 2 is 2.00 bits per heavy atom. The molecule has 0 atom stereocenters. The molecule has 0 fully saturated rings. The summed E-state index contributed by atoms with van der Waals surface area (Å²) in [5, 5.41) is 8.93. The highest BCUT2D eigenvalue weighted by atomic mass is 19.4. The molecule has 1 aromatic carbocycles. The molecule has 0 aliphatic rings. The van der Waals surface area contributed by atoms with E-state index in [0.29, 0.717) is 16.3 Å². The average molecular weight is 259 g/mol. The smallest absolute Gasteiger partial charge is 0.392 e. The predicted octanol–water partition coefficient (Wildman–Crippen LogP) is 2.60. The Hall–Kier alpha value is -1.82. The quantitative estimate of drug-likeness (QED) is 0.900. The summed E-state index contributed by atoms with van der Waals surface area (Å²) in [6.07, 6.45) is -4.25. The van der Waals surface area contributed by atoms with E-state index in [1.54, 1.807) is 0 Å². The molecular formula is C12H11F3N2O. The molecule has 6 heteroatoms. The van der Waals surface area contributed by atoms with Crippen LogP contribution in [0.15, 0.2) is 30.5 Å². The molecule has 2 rings (SSSR count). The zero-order valence-electron chi connectivity index (χ0n) is 12.1. The summed E-state index contributed by atoms with van der Waals surface area (Å²) in [5.74, 6) is -0.299. The van der Waals surface area contributed by atoms with Crippen molar-refractivity contribution in [3.05, 3.63) is 41.7 Å². The lowest BCUT2D eigenvalue weighted by molar-refractivity contribution is -0.140. The number of halogens is 3. The highest BCUT2D eigenvalue weighted by Crippen LogP contribution is 2.30. The van der Waals surface area contributed by atoms with Gasteiger partial charge in [0.05, 0.1) is 6.61 Å². The van der Waals surface area contributed by atoms with E-state index in [0.717, 1.165) is 0 Å². The van der Waals surface area contributed by atoms with Crippen LogP contribution in [0.4, 0.5) is 13.2 Å². The highest BCUT2D eigenvalue weighted by molar-refractivity contribution is 5.56. The number of hydrogen-bond donors (Lipinski definition) is 1. The van der Waals surface area contributed by atoms with Crippen LogP contribution in [-0.4, -0.2) is 14.7 Å². The molecular weight excluding hydrogens is 245 g/mol. The lowest BCUT2D eigenvalue weighted by Crippen LogP contribution is -2.04. The van der Waals surface area contributed by atoms with Gasteiger partial charge in [0.25, 0.3) is 0 Å². The Balaban J connectivity index is 2.57. The second kappa shape index (κ2) is 4.45. The number of benzene rings is 1. The number of hydrogen-bond acceptors (Lipinski definition) is 2. The van der Waals surface area contributed by atoms with Gasteiger partial charge in [0.15, 0.2) is 5.69 Å². The molecule has 0 amide bonds. The second-order valence-corrected chi connectivity index (χ2v) is 3.67. The van der Waals surface area contributed by atoms with Gasteiger partial charge in [-0.1, -0.05) is 24.3 Å². The first-order valence-electron chi connectivity index (χ1n) is 6.50. The third-order valence-corrected chi connectivity index (χ3v) is 2.39. The normalized spacial score (nSPS) is 15.0. The van der Waals surface area contributed by atoms with E-state index >= 15 is 0 Å². The SMILES string of the molecule is [2H]C([2H])([2H])n1cc(C(F)(F)F)nc1-c1ccc(CO)cc1. The van der Waals surface area contributed by atoms with E-state index in [1.165, 1.54) is 24.3 Å². The lowest BCUT2D eigenvalue weighted by Gasteiger charge is -2.02. The van der Waals surface area contributed by atoms with Gasteiger partial charge in [-0.15, -0.1) is 0 Å². The van der Waals surface area contributed by atoms with Gasteiger partial charge in [0.2, 0.25) is 0 Å². The van der Waals surface area contributed by atoms with Crippen molar-refractivity contribution in [2.75, 3.05) is 0 Å². The molecule has 1 heterocycles. The molecule has 0 aliphatic carbocycles. The van der Waals surface area contributed by atoms with Crippen LogP contribution in [0.5, 0.6) is 0 Å². The maximum Gasteiger partial charge on any atom is 0.434 e. The predicted molar refractivity (Wildman–Crippen MR) is 59.6 cm³/mol. The molecule has 0 spiro atoms. The zero-order valence-corrected chi connectivity index (χ0v) is 9.07. The van der Waals surface area contributed by atoms with Crippen LogP contribution in [0.25, 0.3) is 11.4 Å². The number of aryl methyl sites for hydroxylation is 1. The number of aliphatic hydroxyl groups excluding tert-OH is 1. The fourth-order valence-electron chi connectivity index (χ4n) is 1.48. The summed E-state index contributed by atoms with van der Waals surface area (Å²) in [7, 11) is 0. The van der Waals surface area contributed by atoms with Crippen LogP contribution in [0.2, 0.25) is 0 Å². The number of imidazole rings is 1. The highest BCUT2D eigenvalue weighted by Gasteiger charge is 2.34. The monoisotopic (exact) mass is 259 g/mol. The summed E-state index contributed by atoms with van der Waals surface area (Å²) in [6.45, 7) is -3.00. The maximum absolute atomic E-state index is 12.7. The maximum atomic E-state index is 12.7. The van der Waals surface area contributed by atoms with E-state index in [-0.39, 0.29) is 18.0 Å². The number of alkyl halides is 3. The van der Waals surface area contributed by atoms with Crippen molar-refractivity contribution in [1.82, 2.24) is 9.55 Å². The lowest BCUT2D eigenvalue weighted by atomic mass is 10.1.